The van der Waals surface area contributed by atoms with Gasteiger partial charge in [-0.3, -0.25) is 9.48 Å². The number of benzene rings is 1. The fourth-order valence-corrected chi connectivity index (χ4v) is 3.92. The molecule has 2 N–H and O–H groups in total. The van der Waals surface area contributed by atoms with Crippen molar-refractivity contribution in [1.82, 2.24) is 20.4 Å². The summed E-state index contributed by atoms with van der Waals surface area (Å²) in [5.74, 6) is 0.422. The van der Waals surface area contributed by atoms with Gasteiger partial charge in [-0.25, -0.2) is 4.79 Å². The summed E-state index contributed by atoms with van der Waals surface area (Å²) in [7, 11) is 0. The first-order chi connectivity index (χ1) is 14.6. The summed E-state index contributed by atoms with van der Waals surface area (Å²) < 4.78 is 7.36. The second-order valence-corrected chi connectivity index (χ2v) is 7.69. The van der Waals surface area contributed by atoms with Gasteiger partial charge < -0.3 is 15.1 Å². The van der Waals surface area contributed by atoms with Gasteiger partial charge in [-0.15, -0.1) is 0 Å². The largest absolute Gasteiger partial charge is 0.427 e. The van der Waals surface area contributed by atoms with Gasteiger partial charge in [-0.05, 0) is 55.1 Å². The summed E-state index contributed by atoms with van der Waals surface area (Å²) in [6.07, 6.45) is 5.66. The van der Waals surface area contributed by atoms with E-state index in [1.54, 1.807) is 13.1 Å². The third-order valence-corrected chi connectivity index (χ3v) is 5.54. The molecular formula is C23H26N4O3. The van der Waals surface area contributed by atoms with Crippen molar-refractivity contribution >= 4 is 5.91 Å². The smallest absolute Gasteiger partial charge is 0.349 e. The predicted molar refractivity (Wildman–Crippen MR) is 114 cm³/mol. The molecule has 30 heavy (non-hydrogen) atoms. The average molecular weight is 406 g/mol. The fraction of sp³-hybridized carbons (Fsp3) is 0.348. The van der Waals surface area contributed by atoms with Crippen molar-refractivity contribution in [2.75, 3.05) is 13.1 Å². The Balaban J connectivity index is 1.48. The molecule has 1 unspecified atom stereocenters. The average Bonchev–Trinajstić information content (AvgIpc) is 3.26. The quantitative estimate of drug-likeness (QED) is 0.657. The van der Waals surface area contributed by atoms with E-state index in [4.69, 9.17) is 4.42 Å². The monoisotopic (exact) mass is 406 g/mol. The Labute approximate surface area is 175 Å². The molecule has 1 aliphatic heterocycles. The van der Waals surface area contributed by atoms with Crippen molar-refractivity contribution in [2.45, 2.75) is 38.8 Å². The molecule has 1 saturated heterocycles. The number of nitrogens with one attached hydrogen (secondary N) is 2. The minimum Gasteiger partial charge on any atom is -0.427 e. The summed E-state index contributed by atoms with van der Waals surface area (Å²) in [4.78, 5) is 25.3. The van der Waals surface area contributed by atoms with Crippen LogP contribution in [0.3, 0.4) is 0 Å². The molecule has 3 heterocycles. The summed E-state index contributed by atoms with van der Waals surface area (Å²) in [6, 6.07) is 11.6. The highest BCUT2D eigenvalue weighted by molar-refractivity contribution is 5.95. The molecule has 0 radical (unpaired) electrons. The molecule has 1 aliphatic rings. The van der Waals surface area contributed by atoms with E-state index in [1.807, 2.05) is 47.3 Å². The predicted octanol–water partition coefficient (Wildman–Crippen LogP) is 2.59. The molecule has 1 fully saturated rings. The van der Waals surface area contributed by atoms with E-state index in [0.29, 0.717) is 24.4 Å². The van der Waals surface area contributed by atoms with Crippen molar-refractivity contribution in [3.8, 4) is 0 Å². The van der Waals surface area contributed by atoms with Crippen LogP contribution >= 0.6 is 0 Å². The standard InChI is InChI=1S/C23H26N4O3/c1-16-12-20(18-8-4-9-24-13-18)30-23(29)21(16)22(28)25-14-17-6-2-3-7-19(17)15-27-11-5-10-26-27/h2-3,5-7,10-12,18,24H,4,8-9,13-15H2,1H3,(H,25,28). The lowest BCUT2D eigenvalue weighted by Crippen LogP contribution is -2.31. The van der Waals surface area contributed by atoms with Gasteiger partial charge in [0.15, 0.2) is 0 Å². The lowest BCUT2D eigenvalue weighted by Gasteiger charge is -2.22. The Morgan fingerprint density at radius 2 is 2.13 bits per heavy atom. The van der Waals surface area contributed by atoms with Crippen LogP contribution in [0.4, 0.5) is 0 Å². The summed E-state index contributed by atoms with van der Waals surface area (Å²) in [6.45, 7) is 4.51. The lowest BCUT2D eigenvalue weighted by atomic mass is 9.95. The number of amides is 1. The fourth-order valence-electron chi connectivity index (χ4n) is 3.92. The number of carbonyl (C=O) groups excluding carboxylic acids is 1. The second-order valence-electron chi connectivity index (χ2n) is 7.69. The molecule has 3 aromatic rings. The first-order valence-corrected chi connectivity index (χ1v) is 10.3. The molecule has 0 spiro atoms. The molecule has 4 rings (SSSR count). The van der Waals surface area contributed by atoms with Gasteiger partial charge in [-0.2, -0.15) is 5.10 Å². The minimum absolute atomic E-state index is 0.0760. The van der Waals surface area contributed by atoms with Crippen molar-refractivity contribution in [3.63, 3.8) is 0 Å². The SMILES string of the molecule is Cc1cc(C2CCCNC2)oc(=O)c1C(=O)NCc1ccccc1Cn1cccn1. The van der Waals surface area contributed by atoms with Gasteiger partial charge in [0.2, 0.25) is 0 Å². The molecule has 7 nitrogen and oxygen atoms in total. The lowest BCUT2D eigenvalue weighted by molar-refractivity contribution is 0.0945. The van der Waals surface area contributed by atoms with Crippen LogP contribution in [0, 0.1) is 6.92 Å². The van der Waals surface area contributed by atoms with Crippen molar-refractivity contribution in [2.24, 2.45) is 0 Å². The van der Waals surface area contributed by atoms with Gasteiger partial charge >= 0.3 is 5.63 Å². The first kappa shape index (κ1) is 20.1. The van der Waals surface area contributed by atoms with E-state index in [9.17, 15) is 9.59 Å². The summed E-state index contributed by atoms with van der Waals surface area (Å²) >= 11 is 0. The van der Waals surface area contributed by atoms with Crippen LogP contribution in [-0.4, -0.2) is 28.8 Å². The second kappa shape index (κ2) is 9.09. The number of aryl methyl sites for hydroxylation is 1. The number of carbonyl (C=O) groups is 1. The number of piperidine rings is 1. The third-order valence-electron chi connectivity index (χ3n) is 5.54. The van der Waals surface area contributed by atoms with Gasteiger partial charge in [0.1, 0.15) is 11.3 Å². The molecular weight excluding hydrogens is 380 g/mol. The zero-order valence-corrected chi connectivity index (χ0v) is 17.1. The molecule has 7 heteroatoms. The number of hydrogen-bond donors (Lipinski definition) is 2. The van der Waals surface area contributed by atoms with Crippen LogP contribution in [0.1, 0.15) is 51.6 Å². The van der Waals surface area contributed by atoms with Crippen molar-refractivity contribution in [3.05, 3.63) is 87.2 Å². The van der Waals surface area contributed by atoms with Crippen LogP contribution in [0.2, 0.25) is 0 Å². The first-order valence-electron chi connectivity index (χ1n) is 10.3. The molecule has 1 aromatic carbocycles. The number of hydrogen-bond acceptors (Lipinski definition) is 5. The van der Waals surface area contributed by atoms with E-state index in [1.165, 1.54) is 0 Å². The number of aromatic nitrogens is 2. The highest BCUT2D eigenvalue weighted by Gasteiger charge is 2.22. The van der Waals surface area contributed by atoms with Crippen LogP contribution in [0.15, 0.2) is 58.0 Å². The van der Waals surface area contributed by atoms with Crippen LogP contribution in [0.5, 0.6) is 0 Å². The van der Waals surface area contributed by atoms with E-state index in [0.717, 1.165) is 37.1 Å². The molecule has 0 aliphatic carbocycles. The Morgan fingerprint density at radius 3 is 2.83 bits per heavy atom. The van der Waals surface area contributed by atoms with E-state index < -0.39 is 11.5 Å². The maximum Gasteiger partial charge on any atom is 0.349 e. The van der Waals surface area contributed by atoms with Crippen LogP contribution in [0.25, 0.3) is 0 Å². The molecule has 0 saturated carbocycles. The summed E-state index contributed by atoms with van der Waals surface area (Å²) in [5, 5.41) is 10.4. The topological polar surface area (TPSA) is 89.2 Å². The maximum atomic E-state index is 12.8. The Kier molecular flexibility index (Phi) is 6.09. The van der Waals surface area contributed by atoms with Gasteiger partial charge in [0.05, 0.1) is 6.54 Å². The highest BCUT2D eigenvalue weighted by atomic mass is 16.4. The van der Waals surface area contributed by atoms with Crippen molar-refractivity contribution in [1.29, 1.82) is 0 Å². The number of nitrogens with zero attached hydrogens (tertiary/aromatic N) is 2. The van der Waals surface area contributed by atoms with Gasteiger partial charge in [0.25, 0.3) is 5.91 Å². The Hall–Kier alpha value is -3.19. The molecule has 2 aromatic heterocycles. The van der Waals surface area contributed by atoms with Crippen molar-refractivity contribution < 1.29 is 9.21 Å². The Bertz CT molecular complexity index is 1070. The summed E-state index contributed by atoms with van der Waals surface area (Å²) in [5.41, 5.74) is 2.19. The van der Waals surface area contributed by atoms with E-state index >= 15 is 0 Å². The normalized spacial score (nSPS) is 16.4. The molecule has 1 amide bonds. The minimum atomic E-state index is -0.571. The highest BCUT2D eigenvalue weighted by Crippen LogP contribution is 2.23. The van der Waals surface area contributed by atoms with Gasteiger partial charge in [-0.1, -0.05) is 24.3 Å². The zero-order chi connectivity index (χ0) is 20.9. The Morgan fingerprint density at radius 1 is 1.30 bits per heavy atom. The zero-order valence-electron chi connectivity index (χ0n) is 17.1. The van der Waals surface area contributed by atoms with E-state index in [2.05, 4.69) is 15.7 Å². The van der Waals surface area contributed by atoms with E-state index in [-0.39, 0.29) is 11.5 Å². The van der Waals surface area contributed by atoms with Crippen LogP contribution < -0.4 is 16.3 Å². The molecule has 1 atom stereocenters. The van der Waals surface area contributed by atoms with Crippen LogP contribution in [-0.2, 0) is 13.1 Å². The molecule has 156 valence electrons. The molecule has 0 bridgehead atoms. The maximum absolute atomic E-state index is 12.8. The third kappa shape index (κ3) is 4.52. The number of rotatable bonds is 6. The van der Waals surface area contributed by atoms with Gasteiger partial charge in [0, 0.05) is 31.4 Å².